The van der Waals surface area contributed by atoms with Gasteiger partial charge in [-0.15, -0.1) is 11.3 Å². The van der Waals surface area contributed by atoms with E-state index < -0.39 is 6.04 Å². The number of nitrogens with zero attached hydrogens (tertiary/aromatic N) is 1. The first-order valence-corrected chi connectivity index (χ1v) is 9.64. The Morgan fingerprint density at radius 2 is 1.73 bits per heavy atom. The van der Waals surface area contributed by atoms with Crippen LogP contribution in [0.25, 0.3) is 0 Å². The number of benzene rings is 1. The molecule has 0 saturated heterocycles. The maximum Gasteiger partial charge on any atom is 0.262 e. The molecule has 0 fully saturated rings. The molecule has 0 bridgehead atoms. The number of rotatable bonds is 7. The number of thiophene rings is 1. The van der Waals surface area contributed by atoms with Gasteiger partial charge in [-0.25, -0.2) is 0 Å². The van der Waals surface area contributed by atoms with Crippen LogP contribution >= 0.6 is 11.3 Å². The molecule has 1 aliphatic heterocycles. The van der Waals surface area contributed by atoms with Gasteiger partial charge in [-0.2, -0.15) is 0 Å². The summed E-state index contributed by atoms with van der Waals surface area (Å²) in [7, 11) is 0. The first-order valence-electron chi connectivity index (χ1n) is 8.76. The molecule has 0 saturated carbocycles. The Morgan fingerprint density at radius 1 is 1.08 bits per heavy atom. The van der Waals surface area contributed by atoms with E-state index in [1.54, 1.807) is 35.6 Å². The van der Waals surface area contributed by atoms with Crippen molar-refractivity contribution in [3.8, 4) is 0 Å². The molecule has 0 radical (unpaired) electrons. The van der Waals surface area contributed by atoms with Crippen LogP contribution in [0.1, 0.15) is 45.9 Å². The molecular formula is C20H22N2O3S. The van der Waals surface area contributed by atoms with Crippen LogP contribution in [0.5, 0.6) is 0 Å². The van der Waals surface area contributed by atoms with Crippen molar-refractivity contribution in [2.24, 2.45) is 5.92 Å². The van der Waals surface area contributed by atoms with Crippen molar-refractivity contribution in [3.63, 3.8) is 0 Å². The van der Waals surface area contributed by atoms with Crippen molar-refractivity contribution >= 4 is 29.1 Å². The Kier molecular flexibility index (Phi) is 5.52. The van der Waals surface area contributed by atoms with Crippen LogP contribution in [0.2, 0.25) is 0 Å². The van der Waals surface area contributed by atoms with Crippen molar-refractivity contribution in [1.82, 2.24) is 10.2 Å². The monoisotopic (exact) mass is 370 g/mol. The van der Waals surface area contributed by atoms with Gasteiger partial charge in [0, 0.05) is 11.4 Å². The number of amides is 3. The largest absolute Gasteiger partial charge is 0.354 e. The maximum absolute atomic E-state index is 12.8. The first-order chi connectivity index (χ1) is 12.5. The van der Waals surface area contributed by atoms with Crippen LogP contribution in [0.4, 0.5) is 0 Å². The Morgan fingerprint density at radius 3 is 2.27 bits per heavy atom. The highest BCUT2D eigenvalue weighted by Crippen LogP contribution is 2.27. The van der Waals surface area contributed by atoms with Gasteiger partial charge in [-0.1, -0.05) is 32.0 Å². The molecule has 0 spiro atoms. The third kappa shape index (κ3) is 3.70. The van der Waals surface area contributed by atoms with Crippen LogP contribution in [-0.4, -0.2) is 35.2 Å². The van der Waals surface area contributed by atoms with Crippen molar-refractivity contribution in [2.45, 2.75) is 32.7 Å². The molecule has 0 aliphatic carbocycles. The summed E-state index contributed by atoms with van der Waals surface area (Å²) in [5.41, 5.74) is 0.746. The van der Waals surface area contributed by atoms with E-state index in [-0.39, 0.29) is 23.6 Å². The molecule has 1 N–H and O–H groups in total. The highest BCUT2D eigenvalue weighted by molar-refractivity contribution is 7.09. The Labute approximate surface area is 157 Å². The van der Waals surface area contributed by atoms with E-state index in [4.69, 9.17) is 0 Å². The molecule has 26 heavy (non-hydrogen) atoms. The number of nitrogens with one attached hydrogen (secondary N) is 1. The summed E-state index contributed by atoms with van der Waals surface area (Å²) >= 11 is 1.64. The molecule has 6 heteroatoms. The highest BCUT2D eigenvalue weighted by atomic mass is 32.1. The van der Waals surface area contributed by atoms with Crippen LogP contribution < -0.4 is 5.32 Å². The second-order valence-electron chi connectivity index (χ2n) is 6.79. The molecular weight excluding hydrogens is 348 g/mol. The van der Waals surface area contributed by atoms with Gasteiger partial charge in [0.1, 0.15) is 6.04 Å². The summed E-state index contributed by atoms with van der Waals surface area (Å²) in [6, 6.07) is 9.94. The van der Waals surface area contributed by atoms with Crippen LogP contribution in [0.3, 0.4) is 0 Å². The minimum atomic E-state index is -0.786. The zero-order chi connectivity index (χ0) is 18.7. The van der Waals surface area contributed by atoms with Crippen LogP contribution in [0, 0.1) is 5.92 Å². The van der Waals surface area contributed by atoms with Crippen molar-refractivity contribution in [1.29, 1.82) is 0 Å². The van der Waals surface area contributed by atoms with E-state index in [9.17, 15) is 14.4 Å². The number of imide groups is 1. The maximum atomic E-state index is 12.8. The number of fused-ring (bicyclic) bond motifs is 1. The van der Waals surface area contributed by atoms with E-state index in [0.717, 1.165) is 11.3 Å². The van der Waals surface area contributed by atoms with E-state index in [1.807, 2.05) is 31.4 Å². The minimum absolute atomic E-state index is 0.173. The lowest BCUT2D eigenvalue weighted by Crippen LogP contribution is -2.50. The number of carbonyl (C=O) groups excluding carboxylic acids is 3. The zero-order valence-corrected chi connectivity index (χ0v) is 15.7. The predicted molar refractivity (Wildman–Crippen MR) is 101 cm³/mol. The second-order valence-corrected chi connectivity index (χ2v) is 7.82. The van der Waals surface area contributed by atoms with E-state index in [0.29, 0.717) is 24.1 Å². The molecule has 2 aromatic rings. The molecule has 3 amide bonds. The van der Waals surface area contributed by atoms with Crippen LogP contribution in [-0.2, 0) is 11.2 Å². The summed E-state index contributed by atoms with van der Waals surface area (Å²) in [6.07, 6.45) is 1.18. The summed E-state index contributed by atoms with van der Waals surface area (Å²) in [5, 5.41) is 4.89. The van der Waals surface area contributed by atoms with Crippen molar-refractivity contribution in [2.75, 3.05) is 6.54 Å². The molecule has 136 valence electrons. The summed E-state index contributed by atoms with van der Waals surface area (Å²) in [4.78, 5) is 40.5. The number of hydrogen-bond acceptors (Lipinski definition) is 4. The fourth-order valence-corrected chi connectivity index (χ4v) is 3.86. The van der Waals surface area contributed by atoms with E-state index in [2.05, 4.69) is 5.32 Å². The quantitative estimate of drug-likeness (QED) is 0.762. The van der Waals surface area contributed by atoms with Gasteiger partial charge in [0.05, 0.1) is 11.1 Å². The standard InChI is InChI=1S/C20H22N2O3S/c1-13(2)12-17(18(23)21-10-9-14-6-5-11-26-14)22-19(24)15-7-3-4-8-16(15)20(22)25/h3-8,11,13,17H,9-10,12H2,1-2H3,(H,21,23). The average molecular weight is 370 g/mol. The highest BCUT2D eigenvalue weighted by Gasteiger charge is 2.42. The fourth-order valence-electron chi connectivity index (χ4n) is 3.15. The fraction of sp³-hybridized carbons (Fsp3) is 0.350. The van der Waals surface area contributed by atoms with Gasteiger partial charge in [0.15, 0.2) is 0 Å². The van der Waals surface area contributed by atoms with Crippen molar-refractivity contribution < 1.29 is 14.4 Å². The second kappa shape index (κ2) is 7.83. The summed E-state index contributed by atoms with van der Waals surface area (Å²) < 4.78 is 0. The smallest absolute Gasteiger partial charge is 0.262 e. The molecule has 1 unspecified atom stereocenters. The van der Waals surface area contributed by atoms with E-state index in [1.165, 1.54) is 4.88 Å². The van der Waals surface area contributed by atoms with Gasteiger partial charge in [-0.05, 0) is 42.3 Å². The zero-order valence-electron chi connectivity index (χ0n) is 14.9. The lowest BCUT2D eigenvalue weighted by molar-refractivity contribution is -0.125. The van der Waals surface area contributed by atoms with Gasteiger partial charge in [0.25, 0.3) is 11.8 Å². The Bertz CT molecular complexity index is 779. The topological polar surface area (TPSA) is 66.5 Å². The third-order valence-electron chi connectivity index (χ3n) is 4.39. The first kappa shape index (κ1) is 18.3. The van der Waals surface area contributed by atoms with Crippen LogP contribution in [0.15, 0.2) is 41.8 Å². The molecule has 1 atom stereocenters. The SMILES string of the molecule is CC(C)CC(C(=O)NCCc1cccs1)N1C(=O)c2ccccc2C1=O. The molecule has 2 heterocycles. The van der Waals surface area contributed by atoms with Crippen molar-refractivity contribution in [3.05, 3.63) is 57.8 Å². The molecule has 1 aliphatic rings. The van der Waals surface area contributed by atoms with Gasteiger partial charge >= 0.3 is 0 Å². The summed E-state index contributed by atoms with van der Waals surface area (Å²) in [6.45, 7) is 4.44. The third-order valence-corrected chi connectivity index (χ3v) is 5.32. The van der Waals surface area contributed by atoms with Gasteiger partial charge < -0.3 is 5.32 Å². The minimum Gasteiger partial charge on any atom is -0.354 e. The average Bonchev–Trinajstić information content (AvgIpc) is 3.21. The van der Waals surface area contributed by atoms with Gasteiger partial charge in [0.2, 0.25) is 5.91 Å². The molecule has 1 aromatic carbocycles. The van der Waals surface area contributed by atoms with Gasteiger partial charge in [-0.3, -0.25) is 19.3 Å². The number of hydrogen-bond donors (Lipinski definition) is 1. The lowest BCUT2D eigenvalue weighted by Gasteiger charge is -2.26. The Hall–Kier alpha value is -2.47. The summed E-state index contributed by atoms with van der Waals surface area (Å²) in [5.74, 6) is -0.869. The Balaban J connectivity index is 1.74. The molecule has 3 rings (SSSR count). The predicted octanol–water partition coefficient (Wildman–Crippen LogP) is 3.12. The lowest BCUT2D eigenvalue weighted by atomic mass is 10.0. The molecule has 1 aromatic heterocycles. The number of carbonyl (C=O) groups is 3. The van der Waals surface area contributed by atoms with E-state index >= 15 is 0 Å². The normalized spacial score (nSPS) is 14.7. The molecule has 5 nitrogen and oxygen atoms in total.